The minimum absolute atomic E-state index is 0.223. The minimum Gasteiger partial charge on any atom is -0.423 e. The fraction of sp³-hybridized carbons (Fsp3) is 0.148. The molecule has 10 nitrogen and oxygen atoms in total. The van der Waals surface area contributed by atoms with Gasteiger partial charge >= 0.3 is 17.8 Å². The summed E-state index contributed by atoms with van der Waals surface area (Å²) in [6, 6.07) is 19.7. The monoisotopic (exact) mass is 578 g/mol. The van der Waals surface area contributed by atoms with Crippen molar-refractivity contribution < 1.29 is 28.7 Å². The summed E-state index contributed by atoms with van der Waals surface area (Å²) in [6.07, 6.45) is 1.33. The van der Waals surface area contributed by atoms with Crippen molar-refractivity contribution in [1.29, 1.82) is 0 Å². The molecule has 4 rings (SSSR count). The van der Waals surface area contributed by atoms with E-state index in [0.29, 0.717) is 43.2 Å². The van der Waals surface area contributed by atoms with E-state index in [1.54, 1.807) is 77.7 Å². The second-order valence-corrected chi connectivity index (χ2v) is 8.99. The number of rotatable bonds is 6. The van der Waals surface area contributed by atoms with Crippen molar-refractivity contribution in [2.45, 2.75) is 0 Å². The first-order valence-corrected chi connectivity index (χ1v) is 12.4. The lowest BCUT2D eigenvalue weighted by molar-refractivity contribution is -0.136. The number of carbonyl (C=O) groups is 4. The number of nitrogens with zero attached hydrogens (tertiary/aromatic N) is 2. The number of ether oxygens (including phenoxy) is 2. The fourth-order valence-corrected chi connectivity index (χ4v) is 3.91. The Morgan fingerprint density at radius 2 is 1.66 bits per heavy atom. The fourth-order valence-electron chi connectivity index (χ4n) is 3.51. The summed E-state index contributed by atoms with van der Waals surface area (Å²) in [5, 5.41) is 6.26. The molecule has 2 N–H and O–H groups in total. The lowest BCUT2D eigenvalue weighted by Gasteiger charge is -2.27. The number of hydrazone groups is 1. The first-order chi connectivity index (χ1) is 18.4. The molecule has 1 aliphatic rings. The van der Waals surface area contributed by atoms with Gasteiger partial charge in [-0.3, -0.25) is 14.4 Å². The molecule has 3 aromatic carbocycles. The van der Waals surface area contributed by atoms with Crippen LogP contribution in [0.25, 0.3) is 0 Å². The molecule has 3 aromatic rings. The van der Waals surface area contributed by atoms with E-state index in [9.17, 15) is 19.2 Å². The van der Waals surface area contributed by atoms with Crippen molar-refractivity contribution in [3.05, 3.63) is 94.0 Å². The van der Waals surface area contributed by atoms with Crippen LogP contribution in [-0.4, -0.2) is 61.1 Å². The summed E-state index contributed by atoms with van der Waals surface area (Å²) in [4.78, 5) is 51.4. The van der Waals surface area contributed by atoms with Gasteiger partial charge in [0.1, 0.15) is 5.75 Å². The van der Waals surface area contributed by atoms with Crippen LogP contribution in [0.15, 0.2) is 82.4 Å². The van der Waals surface area contributed by atoms with Crippen LogP contribution in [0.4, 0.5) is 5.69 Å². The highest BCUT2D eigenvalue weighted by molar-refractivity contribution is 9.10. The van der Waals surface area contributed by atoms with Crippen molar-refractivity contribution in [3.8, 4) is 5.75 Å². The molecule has 0 bridgehead atoms. The summed E-state index contributed by atoms with van der Waals surface area (Å²) in [6.45, 7) is 1.79. The summed E-state index contributed by atoms with van der Waals surface area (Å²) in [5.74, 6) is -2.40. The first-order valence-electron chi connectivity index (χ1n) is 11.6. The van der Waals surface area contributed by atoms with Crippen molar-refractivity contribution in [1.82, 2.24) is 10.3 Å². The van der Waals surface area contributed by atoms with E-state index in [1.165, 1.54) is 6.21 Å². The number of amides is 3. The number of anilines is 1. The highest BCUT2D eigenvalue weighted by Gasteiger charge is 2.23. The van der Waals surface area contributed by atoms with Crippen LogP contribution >= 0.6 is 15.9 Å². The SMILES string of the molecule is O=C(N/N=C/c1ccc(OC(=O)c2cccc(Br)c2)cc1)C(=O)Nc1ccccc1C(=O)N1CCOCC1. The zero-order chi connectivity index (χ0) is 26.9. The third-order valence-electron chi connectivity index (χ3n) is 5.44. The van der Waals surface area contributed by atoms with Gasteiger partial charge in [-0.05, 0) is 60.2 Å². The molecule has 0 aromatic heterocycles. The molecular weight excluding hydrogens is 556 g/mol. The van der Waals surface area contributed by atoms with Crippen molar-refractivity contribution in [2.75, 3.05) is 31.6 Å². The quantitative estimate of drug-likeness (QED) is 0.152. The molecule has 0 saturated carbocycles. The molecular formula is C27H23BrN4O6. The highest BCUT2D eigenvalue weighted by Crippen LogP contribution is 2.19. The van der Waals surface area contributed by atoms with Gasteiger partial charge < -0.3 is 19.7 Å². The number of nitrogens with one attached hydrogen (secondary N) is 2. The van der Waals surface area contributed by atoms with Gasteiger partial charge in [-0.2, -0.15) is 5.10 Å². The van der Waals surface area contributed by atoms with E-state index in [4.69, 9.17) is 9.47 Å². The summed E-state index contributed by atoms with van der Waals surface area (Å²) in [7, 11) is 0. The van der Waals surface area contributed by atoms with Gasteiger partial charge in [0.15, 0.2) is 0 Å². The van der Waals surface area contributed by atoms with Crippen LogP contribution in [0.3, 0.4) is 0 Å². The normalized spacial score (nSPS) is 13.1. The van der Waals surface area contributed by atoms with E-state index < -0.39 is 17.8 Å². The predicted octanol–water partition coefficient (Wildman–Crippen LogP) is 3.23. The van der Waals surface area contributed by atoms with Gasteiger partial charge in [0.25, 0.3) is 5.91 Å². The van der Waals surface area contributed by atoms with Crippen LogP contribution in [0.1, 0.15) is 26.3 Å². The van der Waals surface area contributed by atoms with E-state index >= 15 is 0 Å². The van der Waals surface area contributed by atoms with E-state index in [1.807, 2.05) is 0 Å². The van der Waals surface area contributed by atoms with Gasteiger partial charge in [-0.1, -0.05) is 34.1 Å². The number of carbonyl (C=O) groups excluding carboxylic acids is 4. The van der Waals surface area contributed by atoms with Crippen LogP contribution in [0, 0.1) is 0 Å². The Hall–Kier alpha value is -4.35. The molecule has 1 heterocycles. The molecule has 0 atom stereocenters. The molecule has 0 spiro atoms. The Balaban J connectivity index is 1.30. The lowest BCUT2D eigenvalue weighted by Crippen LogP contribution is -2.41. The second-order valence-electron chi connectivity index (χ2n) is 8.07. The smallest absolute Gasteiger partial charge is 0.343 e. The van der Waals surface area contributed by atoms with Crippen LogP contribution in [0.2, 0.25) is 0 Å². The average molecular weight is 579 g/mol. The van der Waals surface area contributed by atoms with Crippen molar-refractivity contribution >= 4 is 51.5 Å². The van der Waals surface area contributed by atoms with E-state index in [2.05, 4.69) is 31.8 Å². The molecule has 0 radical (unpaired) electrons. The molecule has 1 saturated heterocycles. The van der Waals surface area contributed by atoms with Gasteiger partial charge in [0.05, 0.1) is 36.2 Å². The Labute approximate surface area is 226 Å². The van der Waals surface area contributed by atoms with E-state index in [0.717, 1.165) is 4.47 Å². The van der Waals surface area contributed by atoms with Gasteiger partial charge in [-0.15, -0.1) is 0 Å². The number of morpholine rings is 1. The zero-order valence-electron chi connectivity index (χ0n) is 20.1. The van der Waals surface area contributed by atoms with Crippen LogP contribution in [-0.2, 0) is 14.3 Å². The molecule has 194 valence electrons. The van der Waals surface area contributed by atoms with Crippen LogP contribution < -0.4 is 15.5 Å². The number of para-hydroxylation sites is 1. The molecule has 0 aliphatic carbocycles. The van der Waals surface area contributed by atoms with Crippen molar-refractivity contribution in [3.63, 3.8) is 0 Å². The molecule has 38 heavy (non-hydrogen) atoms. The molecule has 11 heteroatoms. The number of hydrogen-bond acceptors (Lipinski definition) is 7. The van der Waals surface area contributed by atoms with Gasteiger partial charge in [-0.25, -0.2) is 10.2 Å². The largest absolute Gasteiger partial charge is 0.423 e. The molecule has 3 amide bonds. The van der Waals surface area contributed by atoms with Crippen LogP contribution in [0.5, 0.6) is 5.75 Å². The lowest BCUT2D eigenvalue weighted by atomic mass is 10.1. The number of halogens is 1. The Bertz CT molecular complexity index is 1370. The zero-order valence-corrected chi connectivity index (χ0v) is 21.6. The Morgan fingerprint density at radius 3 is 2.39 bits per heavy atom. The minimum atomic E-state index is -1.01. The Morgan fingerprint density at radius 1 is 0.921 bits per heavy atom. The number of esters is 1. The predicted molar refractivity (Wildman–Crippen MR) is 143 cm³/mol. The maximum Gasteiger partial charge on any atom is 0.343 e. The molecule has 1 fully saturated rings. The third-order valence-corrected chi connectivity index (χ3v) is 5.93. The summed E-state index contributed by atoms with van der Waals surface area (Å²) < 4.78 is 11.4. The molecule has 0 unspecified atom stereocenters. The van der Waals surface area contributed by atoms with E-state index in [-0.39, 0.29) is 17.2 Å². The molecule has 1 aliphatic heterocycles. The van der Waals surface area contributed by atoms with Gasteiger partial charge in [0, 0.05) is 17.6 Å². The topological polar surface area (TPSA) is 126 Å². The maximum absolute atomic E-state index is 12.8. The van der Waals surface area contributed by atoms with Crippen molar-refractivity contribution in [2.24, 2.45) is 5.10 Å². The first kappa shape index (κ1) is 26.7. The maximum atomic E-state index is 12.8. The third kappa shape index (κ3) is 7.11. The second kappa shape index (κ2) is 12.7. The Kier molecular flexibility index (Phi) is 8.96. The summed E-state index contributed by atoms with van der Waals surface area (Å²) in [5.41, 5.74) is 3.65. The standard InChI is InChI=1S/C27H23BrN4O6/c28-20-5-3-4-19(16-20)27(36)38-21-10-8-18(9-11-21)17-29-31-25(34)24(33)30-23-7-2-1-6-22(23)26(35)32-12-14-37-15-13-32/h1-11,16-17H,12-15H2,(H,30,33)(H,31,34)/b29-17+. The number of benzene rings is 3. The van der Waals surface area contributed by atoms with Gasteiger partial charge in [0.2, 0.25) is 0 Å². The summed E-state index contributed by atoms with van der Waals surface area (Å²) >= 11 is 3.31. The highest BCUT2D eigenvalue weighted by atomic mass is 79.9. The number of hydrogen-bond donors (Lipinski definition) is 2. The average Bonchev–Trinajstić information content (AvgIpc) is 2.94.